The number of hydrogen-bond donors (Lipinski definition) is 2. The molecule has 1 aromatic carbocycles. The van der Waals surface area contributed by atoms with Crippen molar-refractivity contribution >= 4 is 23.2 Å². The van der Waals surface area contributed by atoms with E-state index in [1.54, 1.807) is 6.20 Å². The van der Waals surface area contributed by atoms with E-state index in [2.05, 4.69) is 10.3 Å². The molecule has 2 heterocycles. The van der Waals surface area contributed by atoms with Crippen molar-refractivity contribution in [3.63, 3.8) is 0 Å². The number of ether oxygens (including phenoxy) is 1. The molecular formula is C16H21ClN2O2. The Morgan fingerprint density at radius 2 is 2.10 bits per heavy atom. The first-order chi connectivity index (χ1) is 9.74. The number of fused-ring (bicyclic) bond motifs is 1. The molecule has 1 aliphatic rings. The minimum Gasteiger partial charge on any atom is -0.490 e. The molecule has 0 spiro atoms. The minimum atomic E-state index is -0.0455. The van der Waals surface area contributed by atoms with Gasteiger partial charge in [0.1, 0.15) is 5.75 Å². The Morgan fingerprint density at radius 1 is 1.24 bits per heavy atom. The maximum atomic E-state index is 11.8. The molecule has 0 aliphatic carbocycles. The van der Waals surface area contributed by atoms with E-state index in [4.69, 9.17) is 4.74 Å². The van der Waals surface area contributed by atoms with Gasteiger partial charge in [0.05, 0.1) is 6.10 Å². The number of aromatic amines is 1. The maximum Gasteiger partial charge on any atom is 0.255 e. The Kier molecular flexibility index (Phi) is 5.26. The third-order valence-electron chi connectivity index (χ3n) is 3.89. The lowest BCUT2D eigenvalue weighted by atomic mass is 10.1. The predicted octanol–water partition coefficient (Wildman–Crippen LogP) is 2.78. The molecule has 1 fully saturated rings. The van der Waals surface area contributed by atoms with Crippen LogP contribution in [-0.2, 0) is 0 Å². The molecule has 0 bridgehead atoms. The summed E-state index contributed by atoms with van der Waals surface area (Å²) in [5, 5.41) is 5.04. The second-order valence-electron chi connectivity index (χ2n) is 5.43. The van der Waals surface area contributed by atoms with Crippen LogP contribution in [0.25, 0.3) is 10.8 Å². The van der Waals surface area contributed by atoms with Gasteiger partial charge in [0, 0.05) is 11.6 Å². The van der Waals surface area contributed by atoms with Gasteiger partial charge in [-0.25, -0.2) is 0 Å². The van der Waals surface area contributed by atoms with Crippen LogP contribution < -0.4 is 15.6 Å². The average Bonchev–Trinajstić information content (AvgIpc) is 2.70. The van der Waals surface area contributed by atoms with Gasteiger partial charge in [-0.1, -0.05) is 0 Å². The SMILES string of the molecule is Cc1cc2c(=O)[nH]ccc2cc1OC1CCCNCC1.Cl. The van der Waals surface area contributed by atoms with Crippen LogP contribution in [0.15, 0.2) is 29.2 Å². The number of nitrogens with one attached hydrogen (secondary N) is 2. The zero-order valence-corrected chi connectivity index (χ0v) is 13.0. The Balaban J connectivity index is 0.00000161. The average molecular weight is 309 g/mol. The van der Waals surface area contributed by atoms with Crippen LogP contribution in [0.4, 0.5) is 0 Å². The summed E-state index contributed by atoms with van der Waals surface area (Å²) in [5.41, 5.74) is 0.974. The van der Waals surface area contributed by atoms with Gasteiger partial charge in [-0.05, 0) is 68.4 Å². The fraction of sp³-hybridized carbons (Fsp3) is 0.438. The zero-order chi connectivity index (χ0) is 13.9. The second kappa shape index (κ2) is 6.96. The topological polar surface area (TPSA) is 54.1 Å². The van der Waals surface area contributed by atoms with Crippen LogP contribution in [0.1, 0.15) is 24.8 Å². The van der Waals surface area contributed by atoms with Crippen molar-refractivity contribution in [2.45, 2.75) is 32.3 Å². The van der Waals surface area contributed by atoms with Crippen LogP contribution >= 0.6 is 12.4 Å². The summed E-state index contributed by atoms with van der Waals surface area (Å²) in [6.07, 6.45) is 5.21. The third kappa shape index (κ3) is 3.57. The van der Waals surface area contributed by atoms with Gasteiger partial charge in [0.25, 0.3) is 5.56 Å². The summed E-state index contributed by atoms with van der Waals surface area (Å²) < 4.78 is 6.16. The van der Waals surface area contributed by atoms with Gasteiger partial charge in [0.2, 0.25) is 0 Å². The molecule has 5 heteroatoms. The van der Waals surface area contributed by atoms with Crippen LogP contribution in [0.3, 0.4) is 0 Å². The number of pyridine rings is 1. The molecular weight excluding hydrogens is 288 g/mol. The first-order valence-electron chi connectivity index (χ1n) is 7.23. The molecule has 0 saturated carbocycles. The van der Waals surface area contributed by atoms with Gasteiger partial charge in [-0.2, -0.15) is 0 Å². The molecule has 2 N–H and O–H groups in total. The lowest BCUT2D eigenvalue weighted by Crippen LogP contribution is -2.19. The summed E-state index contributed by atoms with van der Waals surface area (Å²) in [6.45, 7) is 4.08. The fourth-order valence-corrected chi connectivity index (χ4v) is 2.73. The summed E-state index contributed by atoms with van der Waals surface area (Å²) in [5.74, 6) is 0.898. The Labute approximate surface area is 130 Å². The first-order valence-corrected chi connectivity index (χ1v) is 7.23. The number of aryl methyl sites for hydroxylation is 1. The minimum absolute atomic E-state index is 0. The van der Waals surface area contributed by atoms with E-state index in [0.717, 1.165) is 54.4 Å². The van der Waals surface area contributed by atoms with E-state index in [-0.39, 0.29) is 24.1 Å². The largest absolute Gasteiger partial charge is 0.490 e. The quantitative estimate of drug-likeness (QED) is 0.897. The molecule has 0 amide bonds. The van der Waals surface area contributed by atoms with Crippen molar-refractivity contribution in [3.8, 4) is 5.75 Å². The molecule has 1 saturated heterocycles. The van der Waals surface area contributed by atoms with E-state index in [1.165, 1.54) is 0 Å². The smallest absolute Gasteiger partial charge is 0.255 e. The molecule has 4 nitrogen and oxygen atoms in total. The molecule has 1 aliphatic heterocycles. The molecule has 1 aromatic heterocycles. The van der Waals surface area contributed by atoms with Gasteiger partial charge in [-0.15, -0.1) is 12.4 Å². The van der Waals surface area contributed by atoms with Crippen molar-refractivity contribution in [1.29, 1.82) is 0 Å². The van der Waals surface area contributed by atoms with E-state index < -0.39 is 0 Å². The molecule has 1 unspecified atom stereocenters. The van der Waals surface area contributed by atoms with Crippen molar-refractivity contribution in [1.82, 2.24) is 10.3 Å². The molecule has 0 radical (unpaired) electrons. The maximum absolute atomic E-state index is 11.8. The van der Waals surface area contributed by atoms with Crippen LogP contribution in [0.5, 0.6) is 5.75 Å². The van der Waals surface area contributed by atoms with Gasteiger partial charge in [0.15, 0.2) is 0 Å². The number of hydrogen-bond acceptors (Lipinski definition) is 3. The van der Waals surface area contributed by atoms with Crippen LogP contribution in [0.2, 0.25) is 0 Å². The molecule has 2 aromatic rings. The molecule has 114 valence electrons. The first kappa shape index (κ1) is 15.9. The third-order valence-corrected chi connectivity index (χ3v) is 3.89. The Bertz CT molecular complexity index is 661. The standard InChI is InChI=1S/C16H20N2O2.ClH/c1-11-9-14-12(4-8-18-16(14)19)10-15(11)20-13-3-2-6-17-7-5-13;/h4,8-10,13,17H,2-3,5-7H2,1H3,(H,18,19);1H. The highest BCUT2D eigenvalue weighted by Crippen LogP contribution is 2.26. The number of rotatable bonds is 2. The summed E-state index contributed by atoms with van der Waals surface area (Å²) in [6, 6.07) is 5.81. The van der Waals surface area contributed by atoms with Crippen molar-refractivity contribution in [2.75, 3.05) is 13.1 Å². The van der Waals surface area contributed by atoms with Crippen LogP contribution in [0, 0.1) is 6.92 Å². The molecule has 21 heavy (non-hydrogen) atoms. The zero-order valence-electron chi connectivity index (χ0n) is 12.1. The van der Waals surface area contributed by atoms with Crippen LogP contribution in [-0.4, -0.2) is 24.2 Å². The number of benzene rings is 1. The van der Waals surface area contributed by atoms with Crippen molar-refractivity contribution in [2.24, 2.45) is 0 Å². The summed E-state index contributed by atoms with van der Waals surface area (Å²) >= 11 is 0. The van der Waals surface area contributed by atoms with Gasteiger partial charge >= 0.3 is 0 Å². The predicted molar refractivity (Wildman–Crippen MR) is 87.7 cm³/mol. The monoisotopic (exact) mass is 308 g/mol. The highest BCUT2D eigenvalue weighted by atomic mass is 35.5. The van der Waals surface area contributed by atoms with E-state index >= 15 is 0 Å². The van der Waals surface area contributed by atoms with Crippen molar-refractivity contribution in [3.05, 3.63) is 40.3 Å². The highest BCUT2D eigenvalue weighted by molar-refractivity contribution is 5.85. The lowest BCUT2D eigenvalue weighted by molar-refractivity contribution is 0.186. The summed E-state index contributed by atoms with van der Waals surface area (Å²) in [4.78, 5) is 14.5. The lowest BCUT2D eigenvalue weighted by Gasteiger charge is -2.18. The molecule has 3 rings (SSSR count). The highest BCUT2D eigenvalue weighted by Gasteiger charge is 2.15. The fourth-order valence-electron chi connectivity index (χ4n) is 2.73. The van der Waals surface area contributed by atoms with E-state index in [9.17, 15) is 4.79 Å². The normalized spacial score (nSPS) is 18.8. The van der Waals surface area contributed by atoms with Gasteiger partial charge < -0.3 is 15.0 Å². The van der Waals surface area contributed by atoms with Crippen molar-refractivity contribution < 1.29 is 4.74 Å². The Morgan fingerprint density at radius 3 is 2.95 bits per heavy atom. The Hall–Kier alpha value is -1.52. The van der Waals surface area contributed by atoms with E-state index in [1.807, 2.05) is 25.1 Å². The van der Waals surface area contributed by atoms with Gasteiger partial charge in [-0.3, -0.25) is 4.79 Å². The second-order valence-corrected chi connectivity index (χ2v) is 5.43. The number of aromatic nitrogens is 1. The summed E-state index contributed by atoms with van der Waals surface area (Å²) in [7, 11) is 0. The van der Waals surface area contributed by atoms with E-state index in [0.29, 0.717) is 0 Å². The molecule has 1 atom stereocenters. The number of halogens is 1. The number of H-pyrrole nitrogens is 1.